The fraction of sp³-hybridized carbons (Fsp3) is 0.278. The molecule has 1 atom stereocenters. The van der Waals surface area contributed by atoms with Gasteiger partial charge in [0.25, 0.3) is 5.91 Å². The SMILES string of the molecule is Cc1ccc(C(=O)N(C)C(C)c2ccc(S(C)(=O)=O)cc2)cc1N. The minimum Gasteiger partial charge on any atom is -0.398 e. The monoisotopic (exact) mass is 346 g/mol. The molecule has 0 heterocycles. The van der Waals surface area contributed by atoms with Gasteiger partial charge in [-0.15, -0.1) is 0 Å². The molecule has 6 heteroatoms. The number of anilines is 1. The third-order valence-electron chi connectivity index (χ3n) is 4.22. The Bertz CT molecular complexity index is 858. The number of carbonyl (C=O) groups is 1. The number of nitrogen functional groups attached to an aromatic ring is 1. The third kappa shape index (κ3) is 3.76. The molecule has 2 rings (SSSR count). The molecule has 5 nitrogen and oxygen atoms in total. The van der Waals surface area contributed by atoms with E-state index in [1.165, 1.54) is 6.26 Å². The molecule has 2 aromatic rings. The van der Waals surface area contributed by atoms with Gasteiger partial charge in [0.05, 0.1) is 10.9 Å². The summed E-state index contributed by atoms with van der Waals surface area (Å²) in [4.78, 5) is 14.5. The molecule has 0 aliphatic carbocycles. The van der Waals surface area contributed by atoms with Gasteiger partial charge in [-0.2, -0.15) is 0 Å². The number of aryl methyl sites for hydroxylation is 1. The highest BCUT2D eigenvalue weighted by atomic mass is 32.2. The zero-order valence-electron chi connectivity index (χ0n) is 14.3. The summed E-state index contributed by atoms with van der Waals surface area (Å²) in [6.07, 6.45) is 1.17. The van der Waals surface area contributed by atoms with Gasteiger partial charge in [0, 0.05) is 24.6 Å². The average molecular weight is 346 g/mol. The maximum Gasteiger partial charge on any atom is 0.254 e. The van der Waals surface area contributed by atoms with E-state index in [2.05, 4.69) is 0 Å². The summed E-state index contributed by atoms with van der Waals surface area (Å²) in [5.74, 6) is -0.138. The molecule has 0 saturated heterocycles. The number of nitrogens with zero attached hydrogens (tertiary/aromatic N) is 1. The molecule has 1 unspecified atom stereocenters. The van der Waals surface area contributed by atoms with Gasteiger partial charge in [-0.25, -0.2) is 8.42 Å². The van der Waals surface area contributed by atoms with E-state index in [0.29, 0.717) is 11.3 Å². The van der Waals surface area contributed by atoms with E-state index in [4.69, 9.17) is 5.73 Å². The van der Waals surface area contributed by atoms with Crippen molar-refractivity contribution in [2.24, 2.45) is 0 Å². The predicted octanol–water partition coefficient (Wildman–Crippen LogP) is 2.81. The van der Waals surface area contributed by atoms with E-state index in [9.17, 15) is 13.2 Å². The minimum absolute atomic E-state index is 0.138. The number of carbonyl (C=O) groups excluding carboxylic acids is 1. The van der Waals surface area contributed by atoms with Gasteiger partial charge in [-0.3, -0.25) is 4.79 Å². The Morgan fingerprint density at radius 3 is 2.21 bits per heavy atom. The van der Waals surface area contributed by atoms with Crippen LogP contribution in [0.2, 0.25) is 0 Å². The van der Waals surface area contributed by atoms with Crippen LogP contribution in [0, 0.1) is 6.92 Å². The van der Waals surface area contributed by atoms with Crippen LogP contribution in [0.15, 0.2) is 47.4 Å². The molecule has 2 N–H and O–H groups in total. The zero-order valence-corrected chi connectivity index (χ0v) is 15.1. The molecule has 0 aliphatic heterocycles. The van der Waals surface area contributed by atoms with Crippen LogP contribution >= 0.6 is 0 Å². The first-order chi connectivity index (χ1) is 11.1. The Morgan fingerprint density at radius 2 is 1.71 bits per heavy atom. The first kappa shape index (κ1) is 18.0. The number of nitrogens with two attached hydrogens (primary N) is 1. The van der Waals surface area contributed by atoms with Crippen molar-refractivity contribution in [1.82, 2.24) is 4.90 Å². The van der Waals surface area contributed by atoms with Crippen molar-refractivity contribution < 1.29 is 13.2 Å². The summed E-state index contributed by atoms with van der Waals surface area (Å²) in [7, 11) is -1.51. The highest BCUT2D eigenvalue weighted by molar-refractivity contribution is 7.90. The lowest BCUT2D eigenvalue weighted by atomic mass is 10.1. The standard InChI is InChI=1S/C18H22N2O3S/c1-12-5-6-15(11-17(12)19)18(21)20(3)13(2)14-7-9-16(10-8-14)24(4,22)23/h5-11,13H,19H2,1-4H3. The lowest BCUT2D eigenvalue weighted by Crippen LogP contribution is -2.29. The van der Waals surface area contributed by atoms with Crippen LogP contribution in [0.1, 0.15) is 34.5 Å². The number of amides is 1. The minimum atomic E-state index is -3.23. The molecule has 2 aromatic carbocycles. The van der Waals surface area contributed by atoms with Crippen LogP contribution in [-0.4, -0.2) is 32.5 Å². The quantitative estimate of drug-likeness (QED) is 0.863. The molecule has 0 aliphatic rings. The number of rotatable bonds is 4. The molecule has 24 heavy (non-hydrogen) atoms. The topological polar surface area (TPSA) is 80.5 Å². The zero-order chi connectivity index (χ0) is 18.1. The van der Waals surface area contributed by atoms with E-state index in [1.807, 2.05) is 19.9 Å². The number of hydrogen-bond donors (Lipinski definition) is 1. The number of benzene rings is 2. The van der Waals surface area contributed by atoms with Crippen molar-refractivity contribution >= 4 is 21.4 Å². The normalized spacial score (nSPS) is 12.7. The molecule has 0 spiro atoms. The molecular formula is C18H22N2O3S. The van der Waals surface area contributed by atoms with Crippen molar-refractivity contribution in [3.63, 3.8) is 0 Å². The lowest BCUT2D eigenvalue weighted by Gasteiger charge is -2.26. The van der Waals surface area contributed by atoms with Crippen molar-refractivity contribution in [3.05, 3.63) is 59.2 Å². The number of hydrogen-bond acceptors (Lipinski definition) is 4. The van der Waals surface area contributed by atoms with Crippen molar-refractivity contribution in [3.8, 4) is 0 Å². The first-order valence-electron chi connectivity index (χ1n) is 7.54. The highest BCUT2D eigenvalue weighted by Crippen LogP contribution is 2.23. The predicted molar refractivity (Wildman–Crippen MR) is 95.7 cm³/mol. The van der Waals surface area contributed by atoms with Gasteiger partial charge >= 0.3 is 0 Å². The van der Waals surface area contributed by atoms with E-state index < -0.39 is 9.84 Å². The maximum atomic E-state index is 12.6. The molecule has 0 radical (unpaired) electrons. The first-order valence-corrected chi connectivity index (χ1v) is 9.43. The lowest BCUT2D eigenvalue weighted by molar-refractivity contribution is 0.0742. The van der Waals surface area contributed by atoms with Crippen LogP contribution in [0.3, 0.4) is 0 Å². The molecular weight excluding hydrogens is 324 g/mol. The molecule has 0 aromatic heterocycles. The molecule has 128 valence electrons. The smallest absolute Gasteiger partial charge is 0.254 e. The van der Waals surface area contributed by atoms with Crippen LogP contribution in [0.25, 0.3) is 0 Å². The van der Waals surface area contributed by atoms with Gasteiger partial charge in [0.2, 0.25) is 0 Å². The van der Waals surface area contributed by atoms with E-state index >= 15 is 0 Å². The summed E-state index contributed by atoms with van der Waals surface area (Å²) in [6, 6.07) is 11.6. The Balaban J connectivity index is 2.23. The van der Waals surface area contributed by atoms with Crippen LogP contribution in [0.4, 0.5) is 5.69 Å². The van der Waals surface area contributed by atoms with E-state index in [1.54, 1.807) is 48.3 Å². The summed E-state index contributed by atoms with van der Waals surface area (Å²) in [5, 5.41) is 0. The highest BCUT2D eigenvalue weighted by Gasteiger charge is 2.20. The molecule has 1 amide bonds. The second-order valence-electron chi connectivity index (χ2n) is 6.00. The average Bonchev–Trinajstić information content (AvgIpc) is 2.54. The Morgan fingerprint density at radius 1 is 1.12 bits per heavy atom. The molecule has 0 fully saturated rings. The van der Waals surface area contributed by atoms with Gasteiger partial charge in [0.15, 0.2) is 9.84 Å². The summed E-state index contributed by atoms with van der Waals surface area (Å²) in [5.41, 5.74) is 8.78. The summed E-state index contributed by atoms with van der Waals surface area (Å²) < 4.78 is 23.0. The van der Waals surface area contributed by atoms with Crippen LogP contribution in [0.5, 0.6) is 0 Å². The van der Waals surface area contributed by atoms with Crippen molar-refractivity contribution in [2.45, 2.75) is 24.8 Å². The third-order valence-corrected chi connectivity index (χ3v) is 5.35. The molecule has 0 saturated carbocycles. The molecule has 0 bridgehead atoms. The van der Waals surface area contributed by atoms with Crippen LogP contribution < -0.4 is 5.73 Å². The maximum absolute atomic E-state index is 12.6. The Kier molecular flexibility index (Phi) is 4.99. The fourth-order valence-electron chi connectivity index (χ4n) is 2.37. The van der Waals surface area contributed by atoms with E-state index in [-0.39, 0.29) is 16.8 Å². The van der Waals surface area contributed by atoms with E-state index in [0.717, 1.165) is 11.1 Å². The number of sulfone groups is 1. The van der Waals surface area contributed by atoms with Crippen molar-refractivity contribution in [1.29, 1.82) is 0 Å². The van der Waals surface area contributed by atoms with Gasteiger partial charge in [-0.05, 0) is 49.2 Å². The second kappa shape index (κ2) is 6.65. The summed E-state index contributed by atoms with van der Waals surface area (Å²) in [6.45, 7) is 3.78. The van der Waals surface area contributed by atoms with Crippen molar-refractivity contribution in [2.75, 3.05) is 19.0 Å². The Labute approximate surface area is 143 Å². The second-order valence-corrected chi connectivity index (χ2v) is 8.02. The summed E-state index contributed by atoms with van der Waals surface area (Å²) >= 11 is 0. The van der Waals surface area contributed by atoms with Gasteiger partial charge in [0.1, 0.15) is 0 Å². The van der Waals surface area contributed by atoms with Crippen LogP contribution in [-0.2, 0) is 9.84 Å². The largest absolute Gasteiger partial charge is 0.398 e. The Hall–Kier alpha value is -2.34. The van der Waals surface area contributed by atoms with Gasteiger partial charge in [-0.1, -0.05) is 18.2 Å². The van der Waals surface area contributed by atoms with Gasteiger partial charge < -0.3 is 10.6 Å². The fourth-order valence-corrected chi connectivity index (χ4v) is 3.00.